The van der Waals surface area contributed by atoms with Gasteiger partial charge in [-0.3, -0.25) is 14.3 Å². The Morgan fingerprint density at radius 3 is 2.41 bits per heavy atom. The van der Waals surface area contributed by atoms with Crippen molar-refractivity contribution in [3.8, 4) is 11.1 Å². The van der Waals surface area contributed by atoms with Crippen molar-refractivity contribution >= 4 is 55.0 Å². The van der Waals surface area contributed by atoms with Gasteiger partial charge in [-0.05, 0) is 59.1 Å². The molecule has 1 unspecified atom stereocenters. The van der Waals surface area contributed by atoms with Gasteiger partial charge in [-0.25, -0.2) is 9.37 Å². The summed E-state index contributed by atoms with van der Waals surface area (Å²) >= 11 is 4.08. The molecule has 3 N–H and O–H groups in total. The number of halogens is 5. The molecule has 0 saturated carbocycles. The first-order valence-corrected chi connectivity index (χ1v) is 12.5. The number of carbonyl (C=O) groups is 2. The first-order valence-electron chi connectivity index (χ1n) is 10.9. The minimum absolute atomic E-state index is 0.0199. The number of fused-ring (bicyclic) bond motifs is 1. The summed E-state index contributed by atoms with van der Waals surface area (Å²) in [6.45, 7) is 5.51. The van der Waals surface area contributed by atoms with Gasteiger partial charge in [-0.2, -0.15) is 18.3 Å². The molecule has 3 aromatic heterocycles. The predicted octanol–water partition coefficient (Wildman–Crippen LogP) is 6.07. The van der Waals surface area contributed by atoms with Crippen molar-refractivity contribution in [2.45, 2.75) is 33.5 Å². The van der Waals surface area contributed by atoms with Crippen molar-refractivity contribution < 1.29 is 27.2 Å². The molecule has 0 radical (unpaired) electrons. The third-order valence-corrected chi connectivity index (χ3v) is 8.01. The van der Waals surface area contributed by atoms with E-state index in [2.05, 4.69) is 31.3 Å². The van der Waals surface area contributed by atoms with Crippen LogP contribution in [-0.4, -0.2) is 26.6 Å². The van der Waals surface area contributed by atoms with E-state index in [4.69, 9.17) is 5.73 Å². The lowest BCUT2D eigenvalue weighted by molar-refractivity contribution is -0.140. The summed E-state index contributed by atoms with van der Waals surface area (Å²) in [7, 11) is 0. The Kier molecular flexibility index (Phi) is 7.12. The Morgan fingerprint density at radius 2 is 1.86 bits per heavy atom. The minimum atomic E-state index is -4.79. The van der Waals surface area contributed by atoms with Crippen molar-refractivity contribution in [1.29, 1.82) is 0 Å². The molecule has 37 heavy (non-hydrogen) atoms. The van der Waals surface area contributed by atoms with Crippen molar-refractivity contribution in [1.82, 2.24) is 14.8 Å². The smallest absolute Gasteiger partial charge is 0.365 e. The van der Waals surface area contributed by atoms with Crippen LogP contribution in [0.5, 0.6) is 0 Å². The van der Waals surface area contributed by atoms with Crippen molar-refractivity contribution in [2.24, 2.45) is 11.7 Å². The van der Waals surface area contributed by atoms with E-state index in [1.165, 1.54) is 12.1 Å². The second-order valence-electron chi connectivity index (χ2n) is 8.47. The maximum atomic E-state index is 13.6. The highest BCUT2D eigenvalue weighted by Gasteiger charge is 2.35. The van der Waals surface area contributed by atoms with Gasteiger partial charge in [0.15, 0.2) is 0 Å². The van der Waals surface area contributed by atoms with Crippen LogP contribution in [0.3, 0.4) is 0 Å². The molecule has 7 nitrogen and oxygen atoms in total. The summed E-state index contributed by atoms with van der Waals surface area (Å²) in [6.07, 6.45) is -4.79. The highest BCUT2D eigenvalue weighted by molar-refractivity contribution is 9.10. The number of rotatable bonds is 6. The Balaban J connectivity index is 1.83. The summed E-state index contributed by atoms with van der Waals surface area (Å²) in [5, 5.41) is 7.17. The first-order chi connectivity index (χ1) is 17.3. The van der Waals surface area contributed by atoms with Crippen LogP contribution in [0.15, 0.2) is 34.8 Å². The van der Waals surface area contributed by atoms with Gasteiger partial charge in [0.05, 0.1) is 28.3 Å². The fourth-order valence-electron chi connectivity index (χ4n) is 3.84. The number of nitrogens with two attached hydrogens (primary N) is 1. The van der Waals surface area contributed by atoms with E-state index in [1.54, 1.807) is 11.6 Å². The van der Waals surface area contributed by atoms with Gasteiger partial charge in [-0.15, -0.1) is 11.3 Å². The summed E-state index contributed by atoms with van der Waals surface area (Å²) < 4.78 is 56.9. The number of aromatic nitrogens is 3. The summed E-state index contributed by atoms with van der Waals surface area (Å²) in [5.41, 5.74) is 6.12. The maximum absolute atomic E-state index is 13.6. The van der Waals surface area contributed by atoms with E-state index >= 15 is 0 Å². The van der Waals surface area contributed by atoms with Gasteiger partial charge in [0.2, 0.25) is 5.91 Å². The van der Waals surface area contributed by atoms with Crippen molar-refractivity contribution in [3.05, 3.63) is 62.6 Å². The highest BCUT2D eigenvalue weighted by Crippen LogP contribution is 2.43. The van der Waals surface area contributed by atoms with Gasteiger partial charge in [0.1, 0.15) is 21.2 Å². The number of carbonyl (C=O) groups excluding carboxylic acids is 2. The monoisotopic (exact) mass is 597 g/mol. The summed E-state index contributed by atoms with van der Waals surface area (Å²) in [6, 6.07) is 5.62. The van der Waals surface area contributed by atoms with Crippen LogP contribution < -0.4 is 11.1 Å². The highest BCUT2D eigenvalue weighted by atomic mass is 79.9. The molecule has 0 bridgehead atoms. The normalized spacial score (nSPS) is 12.6. The molecule has 1 aromatic carbocycles. The lowest BCUT2D eigenvalue weighted by Crippen LogP contribution is -2.26. The van der Waals surface area contributed by atoms with Crippen LogP contribution in [0.4, 0.5) is 23.2 Å². The Hall–Kier alpha value is -3.32. The molecule has 0 aliphatic heterocycles. The molecule has 0 aliphatic rings. The molecule has 0 spiro atoms. The quantitative estimate of drug-likeness (QED) is 0.263. The summed E-state index contributed by atoms with van der Waals surface area (Å²) in [5.74, 6) is -2.66. The molecule has 2 amide bonds. The molecule has 13 heteroatoms. The number of pyridine rings is 1. The average molecular weight is 598 g/mol. The lowest BCUT2D eigenvalue weighted by Gasteiger charge is -2.15. The Bertz CT molecular complexity index is 1530. The van der Waals surface area contributed by atoms with Crippen LogP contribution in [0.25, 0.3) is 21.3 Å². The van der Waals surface area contributed by atoms with Crippen LogP contribution in [0.2, 0.25) is 0 Å². The van der Waals surface area contributed by atoms with Crippen LogP contribution in [-0.2, 0) is 17.5 Å². The number of thiophene rings is 1. The molecule has 194 valence electrons. The molecule has 0 fully saturated rings. The number of primary amides is 1. The number of hydrogen-bond donors (Lipinski definition) is 2. The number of nitrogens with zero attached hydrogens (tertiary/aromatic N) is 3. The fraction of sp³-hybridized carbons (Fsp3) is 0.250. The number of amides is 2. The molecule has 1 atom stereocenters. The van der Waals surface area contributed by atoms with Crippen LogP contribution >= 0.6 is 27.3 Å². The van der Waals surface area contributed by atoms with E-state index in [1.807, 2.05) is 13.8 Å². The van der Waals surface area contributed by atoms with Crippen molar-refractivity contribution in [2.75, 3.05) is 5.32 Å². The molecular weight excluding hydrogens is 578 g/mol. The molecule has 4 aromatic rings. The van der Waals surface area contributed by atoms with Gasteiger partial charge in [0, 0.05) is 11.1 Å². The van der Waals surface area contributed by atoms with Crippen LogP contribution in [0, 0.1) is 25.6 Å². The predicted molar refractivity (Wildman–Crippen MR) is 136 cm³/mol. The number of nitrogens with one attached hydrogen (secondary N) is 1. The van der Waals surface area contributed by atoms with Crippen LogP contribution in [0.1, 0.15) is 33.7 Å². The third-order valence-electron chi connectivity index (χ3n) is 5.77. The van der Waals surface area contributed by atoms with Gasteiger partial charge in [0.25, 0.3) is 5.91 Å². The Labute approximate surface area is 220 Å². The number of benzene rings is 1. The zero-order chi connectivity index (χ0) is 27.2. The Morgan fingerprint density at radius 1 is 1.22 bits per heavy atom. The van der Waals surface area contributed by atoms with E-state index in [0.717, 1.165) is 34.1 Å². The topological polar surface area (TPSA) is 103 Å². The van der Waals surface area contributed by atoms with Gasteiger partial charge in [-0.1, -0.05) is 19.1 Å². The number of hydrogen-bond acceptors (Lipinski definition) is 5. The molecule has 0 aliphatic carbocycles. The van der Waals surface area contributed by atoms with Crippen molar-refractivity contribution in [3.63, 3.8) is 0 Å². The van der Waals surface area contributed by atoms with Gasteiger partial charge >= 0.3 is 6.18 Å². The van der Waals surface area contributed by atoms with E-state index in [9.17, 15) is 27.2 Å². The molecule has 4 rings (SSSR count). The SMILES string of the molecule is Cc1nn(CC(C)C(=O)Nc2c(C(N)=O)sc3nc(C(F)(F)F)cc(-c4ccc(F)cc4)c23)c(C)c1Br. The maximum Gasteiger partial charge on any atom is 0.433 e. The largest absolute Gasteiger partial charge is 0.433 e. The molecule has 0 saturated heterocycles. The van der Waals surface area contributed by atoms with E-state index < -0.39 is 35.4 Å². The average Bonchev–Trinajstić information content (AvgIpc) is 3.31. The van der Waals surface area contributed by atoms with Gasteiger partial charge < -0.3 is 11.1 Å². The number of alkyl halides is 3. The fourth-order valence-corrected chi connectivity index (χ4v) is 5.13. The number of anilines is 1. The van der Waals surface area contributed by atoms with E-state index in [-0.39, 0.29) is 38.5 Å². The second kappa shape index (κ2) is 9.86. The zero-order valence-corrected chi connectivity index (χ0v) is 22.1. The molecule has 3 heterocycles. The first kappa shape index (κ1) is 26.7. The lowest BCUT2D eigenvalue weighted by atomic mass is 10.0. The second-order valence-corrected chi connectivity index (χ2v) is 10.3. The molecular formula is C24H20BrF4N5O2S. The standard InChI is InChI=1S/C24H20BrF4N5O2S/c1-10(9-34-12(3)18(25)11(2)33-34)22(36)32-19-17-15(13-4-6-14(26)7-5-13)8-16(24(27,28)29)31-23(17)37-20(19)21(30)35/h4-8,10H,9H2,1-3H3,(H2,30,35)(H,32,36). The zero-order valence-electron chi connectivity index (χ0n) is 19.7. The summed E-state index contributed by atoms with van der Waals surface area (Å²) in [4.78, 5) is 28.8. The number of aryl methyl sites for hydroxylation is 1. The minimum Gasteiger partial charge on any atom is -0.365 e. The van der Waals surface area contributed by atoms with E-state index in [0.29, 0.717) is 11.3 Å². The third kappa shape index (κ3) is 5.23.